The van der Waals surface area contributed by atoms with Gasteiger partial charge in [0, 0.05) is 32.7 Å². The van der Waals surface area contributed by atoms with Crippen LogP contribution in [-0.4, -0.2) is 54.4 Å². The first-order valence-corrected chi connectivity index (χ1v) is 9.43. The molecule has 1 aliphatic heterocycles. The molecule has 1 fully saturated rings. The molecule has 1 aromatic rings. The highest BCUT2D eigenvalue weighted by Crippen LogP contribution is 2.18. The molecule has 0 unspecified atom stereocenters. The quantitative estimate of drug-likeness (QED) is 0.297. The molecular formula is C19H30F3IN4O. The first-order valence-electron chi connectivity index (χ1n) is 9.43. The van der Waals surface area contributed by atoms with Crippen molar-refractivity contribution in [2.24, 2.45) is 4.99 Å². The number of hydrogen-bond acceptors (Lipinski definition) is 3. The van der Waals surface area contributed by atoms with Gasteiger partial charge in [0.2, 0.25) is 0 Å². The van der Waals surface area contributed by atoms with Crippen molar-refractivity contribution in [1.82, 2.24) is 15.5 Å². The maximum absolute atomic E-state index is 12.3. The van der Waals surface area contributed by atoms with Crippen molar-refractivity contribution < 1.29 is 18.3 Å². The predicted octanol–water partition coefficient (Wildman–Crippen LogP) is 3.27. The number of nitrogens with zero attached hydrogens (tertiary/aromatic N) is 2. The fourth-order valence-corrected chi connectivity index (χ4v) is 2.92. The highest BCUT2D eigenvalue weighted by molar-refractivity contribution is 14.0. The van der Waals surface area contributed by atoms with Gasteiger partial charge in [0.25, 0.3) is 0 Å². The number of hydrogen-bond donors (Lipinski definition) is 3. The third kappa shape index (κ3) is 9.92. The zero-order chi connectivity index (χ0) is 19.7. The van der Waals surface area contributed by atoms with Crippen molar-refractivity contribution in [3.8, 4) is 0 Å². The molecule has 0 saturated carbocycles. The molecule has 0 aromatic heterocycles. The van der Waals surface area contributed by atoms with Crippen molar-refractivity contribution >= 4 is 29.9 Å². The largest absolute Gasteiger partial charge is 0.393 e. The molecule has 0 atom stereocenters. The molecule has 0 amide bonds. The van der Waals surface area contributed by atoms with Gasteiger partial charge in [-0.15, -0.1) is 24.0 Å². The molecule has 5 nitrogen and oxygen atoms in total. The van der Waals surface area contributed by atoms with Gasteiger partial charge in [0.05, 0.1) is 19.1 Å². The van der Waals surface area contributed by atoms with Gasteiger partial charge >= 0.3 is 6.18 Å². The Kier molecular flexibility index (Phi) is 11.1. The lowest BCUT2D eigenvalue weighted by Gasteiger charge is -2.29. The number of aliphatic imine (C=N–C) groups is 1. The zero-order valence-electron chi connectivity index (χ0n) is 16.1. The lowest BCUT2D eigenvalue weighted by molar-refractivity contribution is -0.132. The van der Waals surface area contributed by atoms with Crippen LogP contribution in [0.4, 0.5) is 13.2 Å². The van der Waals surface area contributed by atoms with Crippen LogP contribution in [0.3, 0.4) is 0 Å². The van der Waals surface area contributed by atoms with Gasteiger partial charge in [-0.2, -0.15) is 13.2 Å². The van der Waals surface area contributed by atoms with Crippen molar-refractivity contribution in [2.75, 3.05) is 26.2 Å². The summed E-state index contributed by atoms with van der Waals surface area (Å²) in [6.07, 6.45) is -3.59. The summed E-state index contributed by atoms with van der Waals surface area (Å²) in [6.45, 7) is 5.33. The molecule has 0 bridgehead atoms. The Bertz CT molecular complexity index is 588. The first kappa shape index (κ1) is 25.0. The molecule has 0 radical (unpaired) electrons. The van der Waals surface area contributed by atoms with E-state index in [1.54, 1.807) is 0 Å². The van der Waals surface area contributed by atoms with Crippen LogP contribution in [0.15, 0.2) is 29.3 Å². The van der Waals surface area contributed by atoms with Crippen LogP contribution in [0, 0.1) is 0 Å². The lowest BCUT2D eigenvalue weighted by atomic mass is 10.1. The molecule has 0 spiro atoms. The van der Waals surface area contributed by atoms with Gasteiger partial charge in [-0.05, 0) is 30.9 Å². The molecule has 1 aliphatic rings. The summed E-state index contributed by atoms with van der Waals surface area (Å²) in [5, 5.41) is 15.2. The molecule has 9 heteroatoms. The third-order valence-corrected chi connectivity index (χ3v) is 4.45. The molecule has 2 rings (SSSR count). The number of guanidine groups is 1. The normalized spacial score (nSPS) is 16.5. The lowest BCUT2D eigenvalue weighted by Crippen LogP contribution is -2.38. The minimum atomic E-state index is -4.17. The number of nitrogens with one attached hydrogen (secondary N) is 2. The van der Waals surface area contributed by atoms with Crippen molar-refractivity contribution in [1.29, 1.82) is 0 Å². The maximum atomic E-state index is 12.3. The van der Waals surface area contributed by atoms with E-state index in [2.05, 4.69) is 32.7 Å². The number of likely N-dealkylation sites (tertiary alicyclic amines) is 1. The van der Waals surface area contributed by atoms with Gasteiger partial charge in [-0.25, -0.2) is 4.99 Å². The molecule has 1 saturated heterocycles. The van der Waals surface area contributed by atoms with Crippen LogP contribution in [0.25, 0.3) is 0 Å². The van der Waals surface area contributed by atoms with Gasteiger partial charge in [-0.3, -0.25) is 4.90 Å². The number of benzene rings is 1. The highest BCUT2D eigenvalue weighted by atomic mass is 127. The van der Waals surface area contributed by atoms with Crippen LogP contribution in [-0.2, 0) is 13.1 Å². The average Bonchev–Trinajstić information content (AvgIpc) is 2.62. The van der Waals surface area contributed by atoms with E-state index >= 15 is 0 Å². The van der Waals surface area contributed by atoms with Crippen molar-refractivity contribution in [2.45, 2.75) is 51.6 Å². The Morgan fingerprint density at radius 3 is 2.32 bits per heavy atom. The first-order chi connectivity index (χ1) is 12.9. The maximum Gasteiger partial charge on any atom is 0.390 e. The molecule has 0 aliphatic carbocycles. The monoisotopic (exact) mass is 514 g/mol. The fourth-order valence-electron chi connectivity index (χ4n) is 2.92. The van der Waals surface area contributed by atoms with Crippen LogP contribution in [0.1, 0.15) is 37.3 Å². The summed E-state index contributed by atoms with van der Waals surface area (Å²) < 4.78 is 36.8. The summed E-state index contributed by atoms with van der Waals surface area (Å²) >= 11 is 0. The SMILES string of the molecule is CCNC(=NCc1ccc(CN2CCC(O)CC2)cc1)NCCC(F)(F)F.I. The Morgan fingerprint density at radius 1 is 1.14 bits per heavy atom. The van der Waals surface area contributed by atoms with Crippen LogP contribution in [0.2, 0.25) is 0 Å². The summed E-state index contributed by atoms with van der Waals surface area (Å²) in [5.41, 5.74) is 2.20. The second-order valence-corrected chi connectivity index (χ2v) is 6.81. The van der Waals surface area contributed by atoms with Gasteiger partial charge in [0.1, 0.15) is 0 Å². The third-order valence-electron chi connectivity index (χ3n) is 4.45. The number of piperidine rings is 1. The van der Waals surface area contributed by atoms with E-state index in [1.165, 1.54) is 5.56 Å². The van der Waals surface area contributed by atoms with Gasteiger partial charge in [0.15, 0.2) is 5.96 Å². The van der Waals surface area contributed by atoms with Crippen LogP contribution < -0.4 is 10.6 Å². The zero-order valence-corrected chi connectivity index (χ0v) is 18.5. The molecule has 160 valence electrons. The number of halogens is 4. The summed E-state index contributed by atoms with van der Waals surface area (Å²) in [4.78, 5) is 6.67. The smallest absolute Gasteiger partial charge is 0.390 e. The van der Waals surface area contributed by atoms with Crippen LogP contribution in [0.5, 0.6) is 0 Å². The van der Waals surface area contributed by atoms with E-state index in [4.69, 9.17) is 0 Å². The average molecular weight is 514 g/mol. The second kappa shape index (κ2) is 12.5. The Hall–Kier alpha value is -1.07. The van der Waals surface area contributed by atoms with E-state index in [0.717, 1.165) is 38.0 Å². The van der Waals surface area contributed by atoms with E-state index in [0.29, 0.717) is 19.0 Å². The minimum Gasteiger partial charge on any atom is -0.393 e. The van der Waals surface area contributed by atoms with Crippen LogP contribution >= 0.6 is 24.0 Å². The molecule has 1 aromatic carbocycles. The minimum absolute atomic E-state index is 0. The summed E-state index contributed by atoms with van der Waals surface area (Å²) in [5.74, 6) is 0.387. The second-order valence-electron chi connectivity index (χ2n) is 6.81. The Labute approximate surface area is 181 Å². The van der Waals surface area contributed by atoms with Crippen molar-refractivity contribution in [3.05, 3.63) is 35.4 Å². The van der Waals surface area contributed by atoms with Crippen molar-refractivity contribution in [3.63, 3.8) is 0 Å². The number of aliphatic hydroxyl groups excluding tert-OH is 1. The number of alkyl halides is 3. The summed E-state index contributed by atoms with van der Waals surface area (Å²) in [6, 6.07) is 8.10. The highest BCUT2D eigenvalue weighted by Gasteiger charge is 2.26. The van der Waals surface area contributed by atoms with Gasteiger partial charge < -0.3 is 15.7 Å². The van der Waals surface area contributed by atoms with E-state index in [-0.39, 0.29) is 36.6 Å². The fraction of sp³-hybridized carbons (Fsp3) is 0.632. The molecular weight excluding hydrogens is 484 g/mol. The molecule has 1 heterocycles. The summed E-state index contributed by atoms with van der Waals surface area (Å²) in [7, 11) is 0. The topological polar surface area (TPSA) is 59.9 Å². The molecule has 3 N–H and O–H groups in total. The van der Waals surface area contributed by atoms with Gasteiger partial charge in [-0.1, -0.05) is 24.3 Å². The molecule has 28 heavy (non-hydrogen) atoms. The van der Waals surface area contributed by atoms with E-state index in [1.807, 2.05) is 19.1 Å². The number of rotatable bonds is 7. The number of aliphatic hydroxyl groups is 1. The van der Waals surface area contributed by atoms with E-state index < -0.39 is 12.6 Å². The van der Waals surface area contributed by atoms with E-state index in [9.17, 15) is 18.3 Å². The predicted molar refractivity (Wildman–Crippen MR) is 116 cm³/mol. The Morgan fingerprint density at radius 2 is 1.75 bits per heavy atom. The Balaban J connectivity index is 0.00000392. The standard InChI is InChI=1S/C19H29F3N4O.HI/c1-2-23-18(24-10-9-19(20,21)22)25-13-15-3-5-16(6-4-15)14-26-11-7-17(27)8-12-26;/h3-6,17,27H,2,7-14H2,1H3,(H2,23,24,25);1H.